The fourth-order valence-electron chi connectivity index (χ4n) is 2.08. The van der Waals surface area contributed by atoms with Crippen LogP contribution in [-0.4, -0.2) is 30.9 Å². The molecule has 0 saturated heterocycles. The smallest absolute Gasteiger partial charge is 0.268 e. The van der Waals surface area contributed by atoms with E-state index in [1.54, 1.807) is 31.4 Å². The predicted molar refractivity (Wildman–Crippen MR) is 81.0 cm³/mol. The van der Waals surface area contributed by atoms with Crippen molar-refractivity contribution < 1.29 is 4.39 Å². The summed E-state index contributed by atoms with van der Waals surface area (Å²) < 4.78 is 15.2. The zero-order valence-corrected chi connectivity index (χ0v) is 12.4. The molecule has 0 fully saturated rings. The van der Waals surface area contributed by atoms with Crippen LogP contribution in [0.25, 0.3) is 0 Å². The molecule has 6 heteroatoms. The standard InChI is InChI=1S/C15H19FN4O/c1-17-14(12-6-4-5-7-13(12)16)10-20-15(21)8-11(9-18-20)19(2)3/h4-9,14,17H,10H2,1-3H3. The highest BCUT2D eigenvalue weighted by atomic mass is 19.1. The van der Waals surface area contributed by atoms with Crippen molar-refractivity contribution in [2.45, 2.75) is 12.6 Å². The van der Waals surface area contributed by atoms with Crippen LogP contribution in [0.15, 0.2) is 41.3 Å². The predicted octanol–water partition coefficient (Wildman–Crippen LogP) is 1.41. The van der Waals surface area contributed by atoms with Crippen LogP contribution in [0.4, 0.5) is 10.1 Å². The number of likely N-dealkylation sites (N-methyl/N-ethyl adjacent to an activating group) is 1. The summed E-state index contributed by atoms with van der Waals surface area (Å²) in [5.41, 5.74) is 1.05. The summed E-state index contributed by atoms with van der Waals surface area (Å²) in [6.45, 7) is 0.268. The van der Waals surface area contributed by atoms with Crippen LogP contribution >= 0.6 is 0 Å². The molecule has 5 nitrogen and oxygen atoms in total. The quantitative estimate of drug-likeness (QED) is 0.904. The highest BCUT2D eigenvalue weighted by molar-refractivity contribution is 5.40. The summed E-state index contributed by atoms with van der Waals surface area (Å²) in [5.74, 6) is -0.296. The Hall–Kier alpha value is -2.21. The van der Waals surface area contributed by atoms with E-state index in [-0.39, 0.29) is 24.0 Å². The molecule has 0 aliphatic heterocycles. The summed E-state index contributed by atoms with van der Waals surface area (Å²) in [4.78, 5) is 13.9. The number of nitrogens with zero attached hydrogens (tertiary/aromatic N) is 3. The lowest BCUT2D eigenvalue weighted by Crippen LogP contribution is -2.31. The fourth-order valence-corrected chi connectivity index (χ4v) is 2.08. The van der Waals surface area contributed by atoms with Crippen LogP contribution in [0.2, 0.25) is 0 Å². The Morgan fingerprint density at radius 2 is 2.10 bits per heavy atom. The maximum absolute atomic E-state index is 13.8. The molecular weight excluding hydrogens is 271 g/mol. The number of halogens is 1. The number of benzene rings is 1. The van der Waals surface area contributed by atoms with Gasteiger partial charge in [-0.25, -0.2) is 9.07 Å². The minimum Gasteiger partial charge on any atom is -0.376 e. The van der Waals surface area contributed by atoms with Gasteiger partial charge in [0.2, 0.25) is 0 Å². The molecule has 1 heterocycles. The largest absolute Gasteiger partial charge is 0.376 e. The van der Waals surface area contributed by atoms with E-state index in [1.165, 1.54) is 16.8 Å². The minimum atomic E-state index is -0.318. The third-order valence-corrected chi connectivity index (χ3v) is 3.36. The first-order valence-electron chi connectivity index (χ1n) is 6.69. The van der Waals surface area contributed by atoms with E-state index >= 15 is 0 Å². The van der Waals surface area contributed by atoms with Crippen LogP contribution in [0.1, 0.15) is 11.6 Å². The van der Waals surface area contributed by atoms with Gasteiger partial charge in [0.25, 0.3) is 5.56 Å². The summed E-state index contributed by atoms with van der Waals surface area (Å²) >= 11 is 0. The lowest BCUT2D eigenvalue weighted by molar-refractivity contribution is 0.436. The van der Waals surface area contributed by atoms with Crippen molar-refractivity contribution in [3.63, 3.8) is 0 Å². The number of anilines is 1. The second-order valence-corrected chi connectivity index (χ2v) is 4.99. The van der Waals surface area contributed by atoms with Crippen molar-refractivity contribution in [1.82, 2.24) is 15.1 Å². The number of nitrogens with one attached hydrogen (secondary N) is 1. The zero-order valence-electron chi connectivity index (χ0n) is 12.4. The summed E-state index contributed by atoms with van der Waals surface area (Å²) in [6, 6.07) is 7.72. The van der Waals surface area contributed by atoms with E-state index in [2.05, 4.69) is 10.4 Å². The van der Waals surface area contributed by atoms with Crippen LogP contribution in [0.5, 0.6) is 0 Å². The average Bonchev–Trinajstić information content (AvgIpc) is 2.47. The Morgan fingerprint density at radius 1 is 1.38 bits per heavy atom. The number of rotatable bonds is 5. The molecule has 2 aromatic rings. The van der Waals surface area contributed by atoms with E-state index < -0.39 is 0 Å². The Morgan fingerprint density at radius 3 is 2.67 bits per heavy atom. The highest BCUT2D eigenvalue weighted by Crippen LogP contribution is 2.17. The van der Waals surface area contributed by atoms with Crippen LogP contribution in [-0.2, 0) is 6.54 Å². The van der Waals surface area contributed by atoms with E-state index in [9.17, 15) is 9.18 Å². The van der Waals surface area contributed by atoms with Crippen molar-refractivity contribution in [3.8, 4) is 0 Å². The molecule has 1 aromatic carbocycles. The highest BCUT2D eigenvalue weighted by Gasteiger charge is 2.15. The third kappa shape index (κ3) is 3.46. The van der Waals surface area contributed by atoms with Crippen molar-refractivity contribution in [1.29, 1.82) is 0 Å². The van der Waals surface area contributed by atoms with Gasteiger partial charge in [0.05, 0.1) is 24.5 Å². The summed E-state index contributed by atoms with van der Waals surface area (Å²) in [7, 11) is 5.42. The van der Waals surface area contributed by atoms with Gasteiger partial charge in [-0.1, -0.05) is 18.2 Å². The normalized spacial score (nSPS) is 12.2. The summed E-state index contributed by atoms with van der Waals surface area (Å²) in [5, 5.41) is 7.16. The van der Waals surface area contributed by atoms with Gasteiger partial charge in [0.1, 0.15) is 5.82 Å². The van der Waals surface area contributed by atoms with Gasteiger partial charge >= 0.3 is 0 Å². The molecule has 0 bridgehead atoms. The Kier molecular flexibility index (Phi) is 4.70. The van der Waals surface area contributed by atoms with Crippen molar-refractivity contribution in [2.75, 3.05) is 26.0 Å². The molecule has 0 saturated carbocycles. The first-order valence-corrected chi connectivity index (χ1v) is 6.69. The molecule has 1 N–H and O–H groups in total. The van der Waals surface area contributed by atoms with Gasteiger partial charge in [-0.05, 0) is 13.1 Å². The zero-order chi connectivity index (χ0) is 15.4. The van der Waals surface area contributed by atoms with E-state index in [0.717, 1.165) is 5.69 Å². The van der Waals surface area contributed by atoms with Gasteiger partial charge in [0, 0.05) is 25.7 Å². The van der Waals surface area contributed by atoms with Crippen LogP contribution in [0.3, 0.4) is 0 Å². The maximum Gasteiger partial charge on any atom is 0.268 e. The topological polar surface area (TPSA) is 50.2 Å². The van der Waals surface area contributed by atoms with E-state index in [4.69, 9.17) is 0 Å². The van der Waals surface area contributed by atoms with Crippen LogP contribution < -0.4 is 15.8 Å². The summed E-state index contributed by atoms with van der Waals surface area (Å²) in [6.07, 6.45) is 1.62. The Bertz CT molecular complexity index is 669. The van der Waals surface area contributed by atoms with Gasteiger partial charge in [-0.3, -0.25) is 4.79 Å². The molecular formula is C15H19FN4O. The molecule has 2 rings (SSSR count). The Balaban J connectivity index is 2.28. The molecule has 0 aliphatic rings. The second kappa shape index (κ2) is 6.49. The van der Waals surface area contributed by atoms with E-state index in [1.807, 2.05) is 19.0 Å². The Labute approximate surface area is 123 Å². The minimum absolute atomic E-state index is 0.210. The second-order valence-electron chi connectivity index (χ2n) is 4.99. The first-order chi connectivity index (χ1) is 10.0. The number of hydrogen-bond donors (Lipinski definition) is 1. The van der Waals surface area contributed by atoms with Crippen molar-refractivity contribution in [2.24, 2.45) is 0 Å². The molecule has 21 heavy (non-hydrogen) atoms. The van der Waals surface area contributed by atoms with Gasteiger partial charge < -0.3 is 10.2 Å². The van der Waals surface area contributed by atoms with Gasteiger partial charge in [0.15, 0.2) is 0 Å². The first kappa shape index (κ1) is 15.2. The molecule has 0 amide bonds. The van der Waals surface area contributed by atoms with Crippen molar-refractivity contribution in [3.05, 3.63) is 58.3 Å². The lowest BCUT2D eigenvalue weighted by atomic mass is 10.1. The van der Waals surface area contributed by atoms with E-state index in [0.29, 0.717) is 5.56 Å². The average molecular weight is 290 g/mol. The molecule has 0 aliphatic carbocycles. The SMILES string of the molecule is CNC(Cn1ncc(N(C)C)cc1=O)c1ccccc1F. The number of hydrogen-bond acceptors (Lipinski definition) is 4. The molecule has 1 aromatic heterocycles. The molecule has 0 spiro atoms. The molecule has 112 valence electrons. The molecule has 1 unspecified atom stereocenters. The van der Waals surface area contributed by atoms with Gasteiger partial charge in [-0.2, -0.15) is 5.10 Å². The molecule has 1 atom stereocenters. The fraction of sp³-hybridized carbons (Fsp3) is 0.333. The van der Waals surface area contributed by atoms with Crippen molar-refractivity contribution >= 4 is 5.69 Å². The van der Waals surface area contributed by atoms with Gasteiger partial charge in [-0.15, -0.1) is 0 Å². The molecule has 0 radical (unpaired) electrons. The lowest BCUT2D eigenvalue weighted by Gasteiger charge is -2.18. The van der Waals surface area contributed by atoms with Crippen LogP contribution in [0, 0.1) is 5.82 Å². The third-order valence-electron chi connectivity index (χ3n) is 3.36. The number of aromatic nitrogens is 2. The maximum atomic E-state index is 13.8. The monoisotopic (exact) mass is 290 g/mol.